The Labute approximate surface area is 137 Å². The van der Waals surface area contributed by atoms with E-state index in [2.05, 4.69) is 27.3 Å². The van der Waals surface area contributed by atoms with Gasteiger partial charge in [-0.3, -0.25) is 4.21 Å². The highest BCUT2D eigenvalue weighted by atomic mass is 32.2. The molecule has 6 nitrogen and oxygen atoms in total. The molecule has 0 aliphatic carbocycles. The molecule has 3 rings (SSSR count). The molecule has 0 aliphatic heterocycles. The van der Waals surface area contributed by atoms with Crippen LogP contribution in [0, 0.1) is 0 Å². The van der Waals surface area contributed by atoms with Crippen molar-refractivity contribution in [2.45, 2.75) is 24.7 Å². The van der Waals surface area contributed by atoms with Crippen molar-refractivity contribution < 1.29 is 4.21 Å². The minimum absolute atomic E-state index is 0.533. The van der Waals surface area contributed by atoms with Gasteiger partial charge < -0.3 is 5.32 Å². The summed E-state index contributed by atoms with van der Waals surface area (Å²) in [7, 11) is -1.01. The van der Waals surface area contributed by atoms with Crippen molar-refractivity contribution in [3.8, 4) is 0 Å². The molecule has 120 valence electrons. The lowest BCUT2D eigenvalue weighted by Gasteiger charge is -2.09. The van der Waals surface area contributed by atoms with Gasteiger partial charge in [0.25, 0.3) is 5.78 Å². The average Bonchev–Trinajstić information content (AvgIpc) is 3.04. The Morgan fingerprint density at radius 1 is 1.26 bits per heavy atom. The van der Waals surface area contributed by atoms with Crippen molar-refractivity contribution in [2.24, 2.45) is 0 Å². The molecule has 0 amide bonds. The number of rotatable bonds is 7. The predicted octanol–water partition coefficient (Wildman–Crippen LogP) is 2.30. The molecule has 2 aromatic heterocycles. The minimum Gasteiger partial charge on any atom is -0.369 e. The molecule has 1 atom stereocenters. The number of aromatic nitrogens is 4. The van der Waals surface area contributed by atoms with Crippen LogP contribution >= 0.6 is 0 Å². The molecule has 0 unspecified atom stereocenters. The van der Waals surface area contributed by atoms with E-state index >= 15 is 0 Å². The minimum atomic E-state index is -1.01. The zero-order valence-electron chi connectivity index (χ0n) is 13.0. The third-order valence-corrected chi connectivity index (χ3v) is 4.78. The third-order valence-electron chi connectivity index (χ3n) is 3.41. The molecular weight excluding hydrogens is 310 g/mol. The highest BCUT2D eigenvalue weighted by Gasteiger charge is 2.08. The summed E-state index contributed by atoms with van der Waals surface area (Å²) < 4.78 is 13.9. The lowest BCUT2D eigenvalue weighted by atomic mass is 10.2. The van der Waals surface area contributed by atoms with Crippen LogP contribution < -0.4 is 5.32 Å². The fraction of sp³-hybridized carbons (Fsp3) is 0.312. The number of nitrogens with one attached hydrogen (secondary N) is 1. The average molecular weight is 329 g/mol. The van der Waals surface area contributed by atoms with Crippen molar-refractivity contribution in [1.29, 1.82) is 0 Å². The largest absolute Gasteiger partial charge is 0.369 e. The second-order valence-corrected chi connectivity index (χ2v) is 6.71. The highest BCUT2D eigenvalue weighted by molar-refractivity contribution is 7.85. The van der Waals surface area contributed by atoms with Crippen LogP contribution in [0.5, 0.6) is 0 Å². The lowest BCUT2D eigenvalue weighted by molar-refractivity contribution is 0.683. The zero-order valence-corrected chi connectivity index (χ0v) is 13.8. The van der Waals surface area contributed by atoms with Gasteiger partial charge in [0.1, 0.15) is 12.1 Å². The van der Waals surface area contributed by atoms with Crippen LogP contribution in [0.25, 0.3) is 5.78 Å². The molecule has 3 aromatic rings. The van der Waals surface area contributed by atoms with Gasteiger partial charge in [0, 0.05) is 29.0 Å². The Kier molecular flexibility index (Phi) is 4.97. The van der Waals surface area contributed by atoms with Gasteiger partial charge >= 0.3 is 0 Å². The Morgan fingerprint density at radius 2 is 2.09 bits per heavy atom. The summed E-state index contributed by atoms with van der Waals surface area (Å²) in [5.41, 5.74) is 0.986. The summed E-state index contributed by atoms with van der Waals surface area (Å²) in [6.07, 6.45) is 3.41. The van der Waals surface area contributed by atoms with Crippen molar-refractivity contribution in [3.63, 3.8) is 0 Å². The summed E-state index contributed by atoms with van der Waals surface area (Å²) in [6, 6.07) is 11.5. The van der Waals surface area contributed by atoms with E-state index in [1.165, 1.54) is 6.33 Å². The Morgan fingerprint density at radius 3 is 2.87 bits per heavy atom. The number of hydrogen-bond acceptors (Lipinski definition) is 5. The maximum absolute atomic E-state index is 12.2. The van der Waals surface area contributed by atoms with Crippen LogP contribution in [0.1, 0.15) is 19.0 Å². The summed E-state index contributed by atoms with van der Waals surface area (Å²) in [4.78, 5) is 9.47. The molecule has 0 radical (unpaired) electrons. The predicted molar refractivity (Wildman–Crippen MR) is 91.0 cm³/mol. The van der Waals surface area contributed by atoms with Crippen LogP contribution in [0.4, 0.5) is 5.82 Å². The molecule has 0 fully saturated rings. The first-order chi connectivity index (χ1) is 11.3. The van der Waals surface area contributed by atoms with Gasteiger partial charge in [0.2, 0.25) is 0 Å². The fourth-order valence-corrected chi connectivity index (χ4v) is 3.32. The molecule has 1 N–H and O–H groups in total. The van der Waals surface area contributed by atoms with Gasteiger partial charge in [-0.15, -0.1) is 0 Å². The quantitative estimate of drug-likeness (QED) is 0.720. The molecule has 0 saturated carbocycles. The van der Waals surface area contributed by atoms with Crippen LogP contribution in [0.3, 0.4) is 0 Å². The normalized spacial score (nSPS) is 12.4. The Bertz CT molecular complexity index is 803. The number of fused-ring (bicyclic) bond motifs is 1. The molecule has 2 heterocycles. The first-order valence-corrected chi connectivity index (χ1v) is 8.97. The molecule has 0 saturated heterocycles. The summed E-state index contributed by atoms with van der Waals surface area (Å²) in [6.45, 7) is 2.71. The first kappa shape index (κ1) is 15.6. The van der Waals surface area contributed by atoms with E-state index in [4.69, 9.17) is 0 Å². The second-order valence-electron chi connectivity index (χ2n) is 5.14. The van der Waals surface area contributed by atoms with Crippen molar-refractivity contribution in [1.82, 2.24) is 19.6 Å². The van der Waals surface area contributed by atoms with Crippen LogP contribution in [-0.2, 0) is 17.2 Å². The number of aryl methyl sites for hydroxylation is 1. The molecular formula is C16H19N5OS. The van der Waals surface area contributed by atoms with E-state index in [1.54, 1.807) is 4.52 Å². The second kappa shape index (κ2) is 7.32. The molecule has 1 aromatic carbocycles. The first-order valence-electron chi connectivity index (χ1n) is 7.65. The SMILES string of the molecule is CCCc1cc(NCC[S@](=O)c2ccccc2)n2ncnc2n1. The van der Waals surface area contributed by atoms with Crippen molar-refractivity contribution >= 4 is 22.4 Å². The maximum atomic E-state index is 12.2. The monoisotopic (exact) mass is 329 g/mol. The van der Waals surface area contributed by atoms with Gasteiger partial charge in [-0.1, -0.05) is 31.5 Å². The number of anilines is 1. The van der Waals surface area contributed by atoms with Gasteiger partial charge in [0.05, 0.1) is 10.8 Å². The zero-order chi connectivity index (χ0) is 16.1. The highest BCUT2D eigenvalue weighted by Crippen LogP contribution is 2.12. The standard InChI is InChI=1S/C16H19N5OS/c1-2-6-13-11-15(21-16(20-13)18-12-19-21)17-9-10-23(22)14-7-4-3-5-8-14/h3-5,7-8,11-12,17H,2,6,9-10H2,1H3/t23-/m0/s1. The van der Waals surface area contributed by atoms with E-state index in [0.717, 1.165) is 29.2 Å². The summed E-state index contributed by atoms with van der Waals surface area (Å²) >= 11 is 0. The number of benzene rings is 1. The topological polar surface area (TPSA) is 72.2 Å². The van der Waals surface area contributed by atoms with Crippen LogP contribution in [0.15, 0.2) is 47.6 Å². The van der Waals surface area contributed by atoms with E-state index < -0.39 is 10.8 Å². The smallest absolute Gasteiger partial charge is 0.254 e. The number of nitrogens with zero attached hydrogens (tertiary/aromatic N) is 4. The van der Waals surface area contributed by atoms with E-state index in [0.29, 0.717) is 18.1 Å². The Hall–Kier alpha value is -2.28. The summed E-state index contributed by atoms with van der Waals surface area (Å²) in [5.74, 6) is 1.95. The van der Waals surface area contributed by atoms with E-state index in [1.807, 2.05) is 36.4 Å². The van der Waals surface area contributed by atoms with Gasteiger partial charge in [-0.05, 0) is 18.6 Å². The van der Waals surface area contributed by atoms with Gasteiger partial charge in [-0.2, -0.15) is 14.6 Å². The molecule has 0 spiro atoms. The molecule has 7 heteroatoms. The van der Waals surface area contributed by atoms with Gasteiger partial charge in [-0.25, -0.2) is 4.98 Å². The van der Waals surface area contributed by atoms with Crippen molar-refractivity contribution in [2.75, 3.05) is 17.6 Å². The van der Waals surface area contributed by atoms with Gasteiger partial charge in [0.15, 0.2) is 0 Å². The fourth-order valence-electron chi connectivity index (χ4n) is 2.33. The third kappa shape index (κ3) is 3.73. The number of hydrogen-bond donors (Lipinski definition) is 1. The van der Waals surface area contributed by atoms with E-state index in [9.17, 15) is 4.21 Å². The lowest BCUT2D eigenvalue weighted by Crippen LogP contribution is -2.14. The molecule has 23 heavy (non-hydrogen) atoms. The van der Waals surface area contributed by atoms with Crippen molar-refractivity contribution in [3.05, 3.63) is 48.4 Å². The van der Waals surface area contributed by atoms with E-state index in [-0.39, 0.29) is 0 Å². The maximum Gasteiger partial charge on any atom is 0.254 e. The molecule has 0 aliphatic rings. The molecule has 0 bridgehead atoms. The van der Waals surface area contributed by atoms with Crippen LogP contribution in [-0.4, -0.2) is 36.1 Å². The summed E-state index contributed by atoms with van der Waals surface area (Å²) in [5, 5.41) is 7.48. The Balaban J connectivity index is 1.69. The van der Waals surface area contributed by atoms with Crippen LogP contribution in [0.2, 0.25) is 0 Å².